The van der Waals surface area contributed by atoms with E-state index < -0.39 is 0 Å². The molecule has 1 N–H and O–H groups in total. The Morgan fingerprint density at radius 3 is 2.79 bits per heavy atom. The summed E-state index contributed by atoms with van der Waals surface area (Å²) in [5.74, 6) is -0.145. The molecule has 0 aliphatic heterocycles. The molecule has 0 radical (unpaired) electrons. The quantitative estimate of drug-likeness (QED) is 0.866. The van der Waals surface area contributed by atoms with E-state index in [0.717, 1.165) is 0 Å². The van der Waals surface area contributed by atoms with Gasteiger partial charge in [0, 0.05) is 5.69 Å². The molecule has 1 atom stereocenters. The van der Waals surface area contributed by atoms with Crippen molar-refractivity contribution in [2.24, 2.45) is 0 Å². The Kier molecular flexibility index (Phi) is 4.21. The molecule has 1 aromatic heterocycles. The van der Waals surface area contributed by atoms with Gasteiger partial charge in [-0.1, -0.05) is 11.8 Å². The number of carbonyl (C=O) groups excluding carboxylic acids is 1. The first-order valence-electron chi connectivity index (χ1n) is 5.56. The van der Waals surface area contributed by atoms with Gasteiger partial charge >= 0.3 is 0 Å². The topological polar surface area (TPSA) is 78.9 Å². The summed E-state index contributed by atoms with van der Waals surface area (Å²) in [5, 5.41) is 11.6. The van der Waals surface area contributed by atoms with Gasteiger partial charge < -0.3 is 9.73 Å². The second-order valence-electron chi connectivity index (χ2n) is 3.74. The first-order valence-corrected chi connectivity index (χ1v) is 6.44. The van der Waals surface area contributed by atoms with Crippen LogP contribution in [0.15, 0.2) is 46.4 Å². The molecule has 5 nitrogen and oxygen atoms in total. The van der Waals surface area contributed by atoms with Crippen LogP contribution in [0.5, 0.6) is 0 Å². The van der Waals surface area contributed by atoms with Gasteiger partial charge in [0.1, 0.15) is 6.26 Å². The number of benzene rings is 1. The van der Waals surface area contributed by atoms with Crippen molar-refractivity contribution in [1.29, 1.82) is 5.26 Å². The number of anilines is 1. The third kappa shape index (κ3) is 3.60. The Labute approximate surface area is 114 Å². The highest BCUT2D eigenvalue weighted by Gasteiger charge is 2.16. The summed E-state index contributed by atoms with van der Waals surface area (Å²) in [5.41, 5.74) is 1.21. The zero-order chi connectivity index (χ0) is 13.7. The lowest BCUT2D eigenvalue weighted by molar-refractivity contribution is -0.115. The van der Waals surface area contributed by atoms with Gasteiger partial charge in [-0.25, -0.2) is 4.98 Å². The van der Waals surface area contributed by atoms with E-state index in [2.05, 4.69) is 10.3 Å². The Hall–Kier alpha value is -2.26. The molecule has 0 aliphatic carbocycles. The first-order chi connectivity index (χ1) is 9.19. The van der Waals surface area contributed by atoms with E-state index in [0.29, 0.717) is 16.5 Å². The Morgan fingerprint density at radius 1 is 1.47 bits per heavy atom. The molecule has 2 aromatic rings. The number of thioether (sulfide) groups is 1. The lowest BCUT2D eigenvalue weighted by atomic mass is 10.2. The van der Waals surface area contributed by atoms with Crippen molar-refractivity contribution in [3.05, 3.63) is 42.3 Å². The number of oxazole rings is 1. The van der Waals surface area contributed by atoms with Gasteiger partial charge in [-0.2, -0.15) is 5.26 Å². The molecule has 1 heterocycles. The SMILES string of the molecule is CC(Sc1ncco1)C(=O)Nc1ccc(C#N)cc1. The molecule has 0 fully saturated rings. The van der Waals surface area contributed by atoms with E-state index in [1.165, 1.54) is 24.2 Å². The van der Waals surface area contributed by atoms with Crippen LogP contribution in [0.3, 0.4) is 0 Å². The highest BCUT2D eigenvalue weighted by molar-refractivity contribution is 8.00. The van der Waals surface area contributed by atoms with Crippen molar-refractivity contribution >= 4 is 23.4 Å². The van der Waals surface area contributed by atoms with Crippen LogP contribution in [0.1, 0.15) is 12.5 Å². The summed E-state index contributed by atoms with van der Waals surface area (Å²) in [4.78, 5) is 15.9. The van der Waals surface area contributed by atoms with Gasteiger partial charge in [0.05, 0.1) is 23.1 Å². The molecule has 6 heteroatoms. The fraction of sp³-hybridized carbons (Fsp3) is 0.154. The number of hydrogen-bond donors (Lipinski definition) is 1. The molecule has 96 valence electrons. The third-order valence-electron chi connectivity index (χ3n) is 2.34. The number of rotatable bonds is 4. The van der Waals surface area contributed by atoms with Crippen molar-refractivity contribution < 1.29 is 9.21 Å². The predicted molar refractivity (Wildman–Crippen MR) is 71.6 cm³/mol. The van der Waals surface area contributed by atoms with Gasteiger partial charge in [-0.3, -0.25) is 4.79 Å². The molecule has 1 unspecified atom stereocenters. The van der Waals surface area contributed by atoms with Crippen LogP contribution in [0, 0.1) is 11.3 Å². The van der Waals surface area contributed by atoms with E-state index >= 15 is 0 Å². The fourth-order valence-electron chi connectivity index (χ4n) is 1.35. The Morgan fingerprint density at radius 2 is 2.21 bits per heavy atom. The molecular formula is C13H11N3O2S. The second-order valence-corrected chi connectivity index (χ2v) is 5.03. The van der Waals surface area contributed by atoms with Gasteiger partial charge in [-0.05, 0) is 31.2 Å². The van der Waals surface area contributed by atoms with Crippen LogP contribution >= 0.6 is 11.8 Å². The maximum absolute atomic E-state index is 11.9. The summed E-state index contributed by atoms with van der Waals surface area (Å²) >= 11 is 1.24. The third-order valence-corrected chi connectivity index (χ3v) is 3.31. The number of aromatic nitrogens is 1. The molecular weight excluding hydrogens is 262 g/mol. The average molecular weight is 273 g/mol. The molecule has 1 aromatic carbocycles. The van der Waals surface area contributed by atoms with Crippen molar-refractivity contribution in [1.82, 2.24) is 4.98 Å². The van der Waals surface area contributed by atoms with Crippen LogP contribution in [-0.2, 0) is 4.79 Å². The molecule has 0 aliphatic rings. The lowest BCUT2D eigenvalue weighted by Crippen LogP contribution is -2.22. The Balaban J connectivity index is 1.94. The van der Waals surface area contributed by atoms with Crippen LogP contribution in [0.2, 0.25) is 0 Å². The number of hydrogen-bond acceptors (Lipinski definition) is 5. The number of carbonyl (C=O) groups is 1. The number of nitrogens with zero attached hydrogens (tertiary/aromatic N) is 2. The highest BCUT2D eigenvalue weighted by Crippen LogP contribution is 2.22. The zero-order valence-electron chi connectivity index (χ0n) is 10.2. The predicted octanol–water partition coefficient (Wildman–Crippen LogP) is 2.67. The van der Waals surface area contributed by atoms with Gasteiger partial charge in [0.15, 0.2) is 0 Å². The van der Waals surface area contributed by atoms with E-state index in [9.17, 15) is 4.79 Å². The van der Waals surface area contributed by atoms with Crippen LogP contribution in [0.4, 0.5) is 5.69 Å². The van der Waals surface area contributed by atoms with Crippen molar-refractivity contribution in [2.75, 3.05) is 5.32 Å². The molecule has 2 rings (SSSR count). The van der Waals surface area contributed by atoms with Gasteiger partial charge in [-0.15, -0.1) is 0 Å². The average Bonchev–Trinajstić information content (AvgIpc) is 2.92. The van der Waals surface area contributed by atoms with Crippen molar-refractivity contribution in [3.63, 3.8) is 0 Å². The minimum Gasteiger partial charge on any atom is -0.440 e. The van der Waals surface area contributed by atoms with Gasteiger partial charge in [0.25, 0.3) is 5.22 Å². The van der Waals surface area contributed by atoms with Crippen molar-refractivity contribution in [3.8, 4) is 6.07 Å². The second kappa shape index (κ2) is 6.07. The number of nitriles is 1. The number of amides is 1. The summed E-state index contributed by atoms with van der Waals surface area (Å²) in [6, 6.07) is 8.72. The molecule has 0 spiro atoms. The smallest absolute Gasteiger partial charge is 0.256 e. The summed E-state index contributed by atoms with van der Waals surface area (Å²) < 4.78 is 5.07. The largest absolute Gasteiger partial charge is 0.440 e. The zero-order valence-corrected chi connectivity index (χ0v) is 11.0. The normalized spacial score (nSPS) is 11.6. The van der Waals surface area contributed by atoms with E-state index in [4.69, 9.17) is 9.68 Å². The molecule has 0 saturated heterocycles. The standard InChI is InChI=1S/C13H11N3O2S/c1-9(19-13-15-6-7-18-13)12(17)16-11-4-2-10(8-14)3-5-11/h2-7,9H,1H3,(H,16,17). The van der Waals surface area contributed by atoms with Crippen LogP contribution in [-0.4, -0.2) is 16.1 Å². The minimum absolute atomic E-state index is 0.145. The summed E-state index contributed by atoms with van der Waals surface area (Å²) in [6.07, 6.45) is 3.00. The maximum atomic E-state index is 11.9. The van der Waals surface area contributed by atoms with E-state index in [1.807, 2.05) is 6.07 Å². The minimum atomic E-state index is -0.325. The maximum Gasteiger partial charge on any atom is 0.256 e. The van der Waals surface area contributed by atoms with Gasteiger partial charge in [0.2, 0.25) is 5.91 Å². The van der Waals surface area contributed by atoms with Crippen LogP contribution in [0.25, 0.3) is 0 Å². The summed E-state index contributed by atoms with van der Waals surface area (Å²) in [7, 11) is 0. The molecule has 0 bridgehead atoms. The van der Waals surface area contributed by atoms with E-state index in [1.54, 1.807) is 31.2 Å². The molecule has 0 saturated carbocycles. The molecule has 1 amide bonds. The van der Waals surface area contributed by atoms with E-state index in [-0.39, 0.29) is 11.2 Å². The fourth-order valence-corrected chi connectivity index (χ4v) is 2.05. The molecule has 19 heavy (non-hydrogen) atoms. The first kappa shape index (κ1) is 13.2. The summed E-state index contributed by atoms with van der Waals surface area (Å²) in [6.45, 7) is 1.77. The monoisotopic (exact) mass is 273 g/mol. The Bertz CT molecular complexity index is 587. The lowest BCUT2D eigenvalue weighted by Gasteiger charge is -2.09. The highest BCUT2D eigenvalue weighted by atomic mass is 32.2. The number of nitrogens with one attached hydrogen (secondary N) is 1. The van der Waals surface area contributed by atoms with Crippen LogP contribution < -0.4 is 5.32 Å². The van der Waals surface area contributed by atoms with Crippen molar-refractivity contribution in [2.45, 2.75) is 17.4 Å².